The van der Waals surface area contributed by atoms with Crippen LogP contribution in [0.2, 0.25) is 0 Å². The zero-order valence-electron chi connectivity index (χ0n) is 14.2. The molecule has 0 N–H and O–H groups in total. The van der Waals surface area contributed by atoms with Crippen molar-refractivity contribution in [2.75, 3.05) is 7.11 Å². The first kappa shape index (κ1) is 17.7. The largest absolute Gasteiger partial charge is 0.466 e. The molecule has 0 heterocycles. The molecule has 0 aliphatic carbocycles. The lowest BCUT2D eigenvalue weighted by Crippen LogP contribution is -1.98. The standard InChI is InChI=1S/C21H23NO2/c1-17(22-16-19-10-4-3-5-11-19)20-13-8-12-18(15-20)9-6-7-14-21(23)24-2/h3-5,7-8,10-15H,6,9,16H2,1-2H3/b14-7+,22-17?. The highest BCUT2D eigenvalue weighted by atomic mass is 16.5. The Morgan fingerprint density at radius 3 is 2.58 bits per heavy atom. The molecule has 0 saturated carbocycles. The molecule has 0 atom stereocenters. The lowest BCUT2D eigenvalue weighted by molar-refractivity contribution is -0.134. The van der Waals surface area contributed by atoms with E-state index in [1.807, 2.05) is 31.2 Å². The molecule has 0 aliphatic heterocycles. The van der Waals surface area contributed by atoms with Gasteiger partial charge in [-0.05, 0) is 42.5 Å². The maximum atomic E-state index is 11.0. The van der Waals surface area contributed by atoms with Crippen LogP contribution in [0.3, 0.4) is 0 Å². The zero-order valence-corrected chi connectivity index (χ0v) is 14.2. The number of aliphatic imine (C=N–C) groups is 1. The van der Waals surface area contributed by atoms with E-state index in [-0.39, 0.29) is 5.97 Å². The number of carbonyl (C=O) groups is 1. The Morgan fingerprint density at radius 2 is 1.83 bits per heavy atom. The van der Waals surface area contributed by atoms with E-state index in [1.165, 1.54) is 24.3 Å². The molecule has 0 unspecified atom stereocenters. The van der Waals surface area contributed by atoms with Gasteiger partial charge in [0, 0.05) is 11.8 Å². The minimum atomic E-state index is -0.312. The van der Waals surface area contributed by atoms with Crippen LogP contribution in [0.5, 0.6) is 0 Å². The van der Waals surface area contributed by atoms with E-state index in [1.54, 1.807) is 0 Å². The first-order valence-corrected chi connectivity index (χ1v) is 8.08. The van der Waals surface area contributed by atoms with Gasteiger partial charge in [0.1, 0.15) is 0 Å². The van der Waals surface area contributed by atoms with Crippen LogP contribution in [-0.2, 0) is 22.5 Å². The van der Waals surface area contributed by atoms with Gasteiger partial charge in [0.05, 0.1) is 13.7 Å². The van der Waals surface area contributed by atoms with Crippen molar-refractivity contribution in [3.8, 4) is 0 Å². The van der Waals surface area contributed by atoms with Crippen LogP contribution in [0.1, 0.15) is 30.0 Å². The maximum absolute atomic E-state index is 11.0. The molecule has 0 amide bonds. The van der Waals surface area contributed by atoms with Gasteiger partial charge in [0.25, 0.3) is 0 Å². The molecular weight excluding hydrogens is 298 g/mol. The average Bonchev–Trinajstić information content (AvgIpc) is 2.64. The van der Waals surface area contributed by atoms with Crippen LogP contribution in [0.15, 0.2) is 71.7 Å². The number of benzene rings is 2. The number of nitrogens with zero attached hydrogens (tertiary/aromatic N) is 1. The maximum Gasteiger partial charge on any atom is 0.330 e. The molecule has 0 spiro atoms. The highest BCUT2D eigenvalue weighted by Crippen LogP contribution is 2.10. The molecule has 24 heavy (non-hydrogen) atoms. The van der Waals surface area contributed by atoms with Crippen LogP contribution in [0.4, 0.5) is 0 Å². The second-order valence-corrected chi connectivity index (χ2v) is 5.55. The number of allylic oxidation sites excluding steroid dienone is 1. The number of ether oxygens (including phenoxy) is 1. The molecule has 0 bridgehead atoms. The predicted molar refractivity (Wildman–Crippen MR) is 98.3 cm³/mol. The zero-order chi connectivity index (χ0) is 17.2. The monoisotopic (exact) mass is 321 g/mol. The number of hydrogen-bond donors (Lipinski definition) is 0. The van der Waals surface area contributed by atoms with Gasteiger partial charge < -0.3 is 4.74 Å². The summed E-state index contributed by atoms with van der Waals surface area (Å²) in [5, 5.41) is 0. The van der Waals surface area contributed by atoms with E-state index in [4.69, 9.17) is 0 Å². The smallest absolute Gasteiger partial charge is 0.330 e. The first-order chi connectivity index (χ1) is 11.7. The third-order valence-corrected chi connectivity index (χ3v) is 3.74. The van der Waals surface area contributed by atoms with Gasteiger partial charge in [-0.15, -0.1) is 0 Å². The van der Waals surface area contributed by atoms with Crippen molar-refractivity contribution < 1.29 is 9.53 Å². The van der Waals surface area contributed by atoms with Gasteiger partial charge in [0.2, 0.25) is 0 Å². The Morgan fingerprint density at radius 1 is 1.08 bits per heavy atom. The quantitative estimate of drug-likeness (QED) is 0.432. The van der Waals surface area contributed by atoms with Crippen molar-refractivity contribution in [1.29, 1.82) is 0 Å². The summed E-state index contributed by atoms with van der Waals surface area (Å²) in [5.74, 6) is -0.312. The summed E-state index contributed by atoms with van der Waals surface area (Å²) in [6.45, 7) is 2.73. The van der Waals surface area contributed by atoms with E-state index < -0.39 is 0 Å². The van der Waals surface area contributed by atoms with Gasteiger partial charge >= 0.3 is 5.97 Å². The molecule has 3 heteroatoms. The highest BCUT2D eigenvalue weighted by Gasteiger charge is 2.00. The summed E-state index contributed by atoms with van der Waals surface area (Å²) >= 11 is 0. The fraction of sp³-hybridized carbons (Fsp3) is 0.238. The fourth-order valence-electron chi connectivity index (χ4n) is 2.33. The number of carbonyl (C=O) groups excluding carboxylic acids is 1. The summed E-state index contributed by atoms with van der Waals surface area (Å²) in [7, 11) is 1.38. The normalized spacial score (nSPS) is 11.7. The SMILES string of the molecule is COC(=O)/C=C/CCc1cccc(C(C)=NCc2ccccc2)c1. The summed E-state index contributed by atoms with van der Waals surface area (Å²) in [6, 6.07) is 18.6. The van der Waals surface area contributed by atoms with Gasteiger partial charge in [-0.3, -0.25) is 4.99 Å². The van der Waals surface area contributed by atoms with Gasteiger partial charge in [0.15, 0.2) is 0 Å². The molecule has 2 rings (SSSR count). The Labute approximate surface area is 143 Å². The Bertz CT molecular complexity index is 718. The van der Waals surface area contributed by atoms with Crippen molar-refractivity contribution in [1.82, 2.24) is 0 Å². The van der Waals surface area contributed by atoms with Crippen LogP contribution >= 0.6 is 0 Å². The molecule has 2 aromatic carbocycles. The molecule has 0 radical (unpaired) electrons. The van der Waals surface area contributed by atoms with Gasteiger partial charge in [-0.25, -0.2) is 4.79 Å². The Hall–Kier alpha value is -2.68. The number of methoxy groups -OCH3 is 1. The lowest BCUT2D eigenvalue weighted by Gasteiger charge is -2.05. The van der Waals surface area contributed by atoms with E-state index in [0.717, 1.165) is 24.1 Å². The van der Waals surface area contributed by atoms with E-state index in [0.29, 0.717) is 6.54 Å². The molecule has 3 nitrogen and oxygen atoms in total. The van der Waals surface area contributed by atoms with Gasteiger partial charge in [-0.2, -0.15) is 0 Å². The molecule has 124 valence electrons. The topological polar surface area (TPSA) is 38.7 Å². The summed E-state index contributed by atoms with van der Waals surface area (Å²) in [4.78, 5) is 15.7. The third kappa shape index (κ3) is 5.84. The van der Waals surface area contributed by atoms with E-state index in [2.05, 4.69) is 46.1 Å². The minimum absolute atomic E-state index is 0.312. The fourth-order valence-corrected chi connectivity index (χ4v) is 2.33. The number of esters is 1. The second kappa shape index (κ2) is 9.46. The summed E-state index contributed by atoms with van der Waals surface area (Å²) in [5.41, 5.74) is 4.61. The first-order valence-electron chi connectivity index (χ1n) is 8.08. The van der Waals surface area contributed by atoms with E-state index in [9.17, 15) is 4.79 Å². The van der Waals surface area contributed by atoms with Crippen LogP contribution in [0.25, 0.3) is 0 Å². The molecule has 0 aromatic heterocycles. The molecule has 0 fully saturated rings. The van der Waals surface area contributed by atoms with Crippen molar-refractivity contribution in [2.45, 2.75) is 26.3 Å². The summed E-state index contributed by atoms with van der Waals surface area (Å²) < 4.78 is 4.57. The van der Waals surface area contributed by atoms with Crippen molar-refractivity contribution in [3.63, 3.8) is 0 Å². The van der Waals surface area contributed by atoms with Crippen molar-refractivity contribution >= 4 is 11.7 Å². The minimum Gasteiger partial charge on any atom is -0.466 e. The van der Waals surface area contributed by atoms with E-state index >= 15 is 0 Å². The molecule has 2 aromatic rings. The summed E-state index contributed by atoms with van der Waals surface area (Å²) in [6.07, 6.45) is 5.00. The lowest BCUT2D eigenvalue weighted by atomic mass is 10.0. The number of hydrogen-bond acceptors (Lipinski definition) is 3. The average molecular weight is 321 g/mol. The van der Waals surface area contributed by atoms with Gasteiger partial charge in [-0.1, -0.05) is 54.6 Å². The van der Waals surface area contributed by atoms with Crippen LogP contribution < -0.4 is 0 Å². The molecular formula is C21H23NO2. The molecule has 0 aliphatic rings. The Kier molecular flexibility index (Phi) is 6.96. The molecule has 0 saturated heterocycles. The highest BCUT2D eigenvalue weighted by molar-refractivity contribution is 5.98. The van der Waals surface area contributed by atoms with Crippen LogP contribution in [-0.4, -0.2) is 18.8 Å². The van der Waals surface area contributed by atoms with Crippen molar-refractivity contribution in [3.05, 3.63) is 83.4 Å². The Balaban J connectivity index is 1.96. The van der Waals surface area contributed by atoms with Crippen molar-refractivity contribution in [2.24, 2.45) is 4.99 Å². The third-order valence-electron chi connectivity index (χ3n) is 3.74. The second-order valence-electron chi connectivity index (χ2n) is 5.55. The number of rotatable bonds is 7. The number of aryl methyl sites for hydroxylation is 1. The van der Waals surface area contributed by atoms with Crippen LogP contribution in [0, 0.1) is 0 Å². The predicted octanol–water partition coefficient (Wildman–Crippen LogP) is 4.36.